The van der Waals surface area contributed by atoms with Crippen LogP contribution in [0, 0.1) is 18.3 Å². The van der Waals surface area contributed by atoms with E-state index in [1.807, 2.05) is 37.3 Å². The van der Waals surface area contributed by atoms with Gasteiger partial charge in [-0.2, -0.15) is 9.94 Å². The smallest absolute Gasteiger partial charge is 0.225 e. The first-order chi connectivity index (χ1) is 13.1. The summed E-state index contributed by atoms with van der Waals surface area (Å²) in [7, 11) is 0. The highest BCUT2D eigenvalue weighted by molar-refractivity contribution is 7.99. The quantitative estimate of drug-likeness (QED) is 0.637. The molecule has 0 saturated heterocycles. The van der Waals surface area contributed by atoms with Gasteiger partial charge in [-0.3, -0.25) is 4.79 Å². The Morgan fingerprint density at radius 3 is 2.93 bits per heavy atom. The van der Waals surface area contributed by atoms with Gasteiger partial charge in [0.2, 0.25) is 11.1 Å². The molecule has 0 saturated carbocycles. The van der Waals surface area contributed by atoms with Crippen LogP contribution in [0.25, 0.3) is 5.69 Å². The number of carbonyl (C=O) groups excluding carboxylic acids is 1. The van der Waals surface area contributed by atoms with Crippen LogP contribution in [0.3, 0.4) is 0 Å². The topological polar surface area (TPSA) is 96.5 Å². The molecule has 0 unspecified atom stereocenters. The minimum atomic E-state index is -0.155. The Balaban J connectivity index is 1.56. The minimum absolute atomic E-state index is 0.155. The van der Waals surface area contributed by atoms with Crippen molar-refractivity contribution < 1.29 is 4.79 Å². The first kappa shape index (κ1) is 18.9. The Bertz CT molecular complexity index is 1010. The summed E-state index contributed by atoms with van der Waals surface area (Å²) in [5, 5.41) is 24.3. The number of aryl methyl sites for hydroxylation is 1. The normalized spacial score (nSPS) is 10.4. The lowest BCUT2D eigenvalue weighted by molar-refractivity contribution is -0.115. The number of benzene rings is 2. The van der Waals surface area contributed by atoms with E-state index in [0.29, 0.717) is 27.2 Å². The lowest BCUT2D eigenvalue weighted by atomic mass is 10.2. The number of amides is 1. The summed E-state index contributed by atoms with van der Waals surface area (Å²) in [6.45, 7) is 2.00. The van der Waals surface area contributed by atoms with Crippen LogP contribution in [-0.4, -0.2) is 31.9 Å². The molecule has 0 aliphatic rings. The van der Waals surface area contributed by atoms with Crippen LogP contribution in [-0.2, 0) is 4.79 Å². The van der Waals surface area contributed by atoms with Crippen molar-refractivity contribution in [3.8, 4) is 11.8 Å². The van der Waals surface area contributed by atoms with Crippen LogP contribution in [0.1, 0.15) is 17.5 Å². The summed E-state index contributed by atoms with van der Waals surface area (Å²) in [5.41, 5.74) is 2.91. The molecule has 0 radical (unpaired) electrons. The fourth-order valence-corrected chi connectivity index (χ4v) is 3.38. The number of nitriles is 1. The number of tetrazole rings is 1. The number of hydrogen-bond acceptors (Lipinski definition) is 6. The molecule has 7 nitrogen and oxygen atoms in total. The molecule has 0 aliphatic carbocycles. The lowest BCUT2D eigenvalue weighted by Gasteiger charge is -2.07. The van der Waals surface area contributed by atoms with Gasteiger partial charge in [0.1, 0.15) is 6.07 Å². The van der Waals surface area contributed by atoms with Gasteiger partial charge in [0.25, 0.3) is 0 Å². The van der Waals surface area contributed by atoms with Crippen molar-refractivity contribution in [3.63, 3.8) is 0 Å². The molecule has 1 amide bonds. The summed E-state index contributed by atoms with van der Waals surface area (Å²) in [6, 6.07) is 14.6. The molecule has 0 aliphatic heterocycles. The van der Waals surface area contributed by atoms with Crippen molar-refractivity contribution in [3.05, 3.63) is 58.6 Å². The van der Waals surface area contributed by atoms with Crippen LogP contribution in [0.5, 0.6) is 0 Å². The first-order valence-electron chi connectivity index (χ1n) is 8.04. The van der Waals surface area contributed by atoms with Gasteiger partial charge in [-0.1, -0.05) is 35.5 Å². The van der Waals surface area contributed by atoms with Gasteiger partial charge in [-0.05, 0) is 53.2 Å². The Morgan fingerprint density at radius 1 is 1.33 bits per heavy atom. The number of carbonyl (C=O) groups is 1. The van der Waals surface area contributed by atoms with Gasteiger partial charge in [0.15, 0.2) is 0 Å². The molecule has 2 aromatic carbocycles. The number of thioether (sulfide) groups is 1. The summed E-state index contributed by atoms with van der Waals surface area (Å²) >= 11 is 7.37. The lowest BCUT2D eigenvalue weighted by Crippen LogP contribution is -2.12. The van der Waals surface area contributed by atoms with Gasteiger partial charge in [-0.25, -0.2) is 0 Å². The third-order valence-corrected chi connectivity index (χ3v) is 4.85. The second-order valence-electron chi connectivity index (χ2n) is 5.67. The number of rotatable bonds is 6. The van der Waals surface area contributed by atoms with Crippen LogP contribution in [0.4, 0.5) is 5.69 Å². The molecule has 1 aromatic heterocycles. The summed E-state index contributed by atoms with van der Waals surface area (Å²) in [6.07, 6.45) is 0.281. The average Bonchev–Trinajstić information content (AvgIpc) is 3.10. The highest BCUT2D eigenvalue weighted by Gasteiger charge is 2.11. The monoisotopic (exact) mass is 398 g/mol. The van der Waals surface area contributed by atoms with E-state index in [1.165, 1.54) is 11.8 Å². The maximum absolute atomic E-state index is 12.1. The highest BCUT2D eigenvalue weighted by atomic mass is 35.5. The molecule has 136 valence electrons. The first-order valence-corrected chi connectivity index (χ1v) is 9.41. The van der Waals surface area contributed by atoms with Crippen molar-refractivity contribution in [1.82, 2.24) is 20.2 Å². The molecular formula is C18H15ClN6OS. The van der Waals surface area contributed by atoms with Crippen molar-refractivity contribution in [2.75, 3.05) is 11.1 Å². The number of anilines is 1. The maximum Gasteiger partial charge on any atom is 0.225 e. The molecule has 3 aromatic rings. The van der Waals surface area contributed by atoms with E-state index in [9.17, 15) is 4.79 Å². The standard InChI is InChI=1S/C18H15ClN6OS/c1-12-3-2-4-15(9-12)25-18(22-23-24-25)27-8-7-17(26)21-14-6-5-13(11-20)16(19)10-14/h2-6,9-10H,7-8H2,1H3,(H,21,26). The third kappa shape index (κ3) is 4.84. The third-order valence-electron chi connectivity index (χ3n) is 3.62. The SMILES string of the molecule is Cc1cccc(-n2nnnc2SCCC(=O)Nc2ccc(C#N)c(Cl)c2)c1. The van der Waals surface area contributed by atoms with Crippen molar-refractivity contribution in [1.29, 1.82) is 5.26 Å². The summed E-state index contributed by atoms with van der Waals surface area (Å²) in [5.74, 6) is 0.361. The Kier molecular flexibility index (Phi) is 6.06. The number of nitrogens with zero attached hydrogens (tertiary/aromatic N) is 5. The second kappa shape index (κ2) is 8.66. The molecule has 0 fully saturated rings. The molecule has 9 heteroatoms. The molecule has 3 rings (SSSR count). The van der Waals surface area contributed by atoms with E-state index in [-0.39, 0.29) is 12.3 Å². The van der Waals surface area contributed by atoms with E-state index in [2.05, 4.69) is 20.8 Å². The largest absolute Gasteiger partial charge is 0.326 e. The van der Waals surface area contributed by atoms with Crippen LogP contribution in [0.15, 0.2) is 47.6 Å². The predicted molar refractivity (Wildman–Crippen MR) is 104 cm³/mol. The van der Waals surface area contributed by atoms with Crippen molar-refractivity contribution in [2.45, 2.75) is 18.5 Å². The number of halogens is 1. The van der Waals surface area contributed by atoms with Crippen LogP contribution >= 0.6 is 23.4 Å². The van der Waals surface area contributed by atoms with Gasteiger partial charge in [0.05, 0.1) is 16.3 Å². The second-order valence-corrected chi connectivity index (χ2v) is 7.13. The minimum Gasteiger partial charge on any atom is -0.326 e. The molecule has 1 N–H and O–H groups in total. The van der Waals surface area contributed by atoms with Gasteiger partial charge >= 0.3 is 0 Å². The molecular weight excluding hydrogens is 384 g/mol. The van der Waals surface area contributed by atoms with Crippen LogP contribution in [0.2, 0.25) is 5.02 Å². The molecule has 0 atom stereocenters. The van der Waals surface area contributed by atoms with Crippen LogP contribution < -0.4 is 5.32 Å². The summed E-state index contributed by atoms with van der Waals surface area (Å²) in [4.78, 5) is 12.1. The van der Waals surface area contributed by atoms with Gasteiger partial charge in [0, 0.05) is 17.9 Å². The van der Waals surface area contributed by atoms with E-state index in [1.54, 1.807) is 22.9 Å². The van der Waals surface area contributed by atoms with E-state index in [4.69, 9.17) is 16.9 Å². The molecule has 0 spiro atoms. The Labute approximate surface area is 165 Å². The predicted octanol–water partition coefficient (Wildman–Crippen LogP) is 3.62. The zero-order valence-corrected chi connectivity index (χ0v) is 16.0. The van der Waals surface area contributed by atoms with E-state index < -0.39 is 0 Å². The highest BCUT2D eigenvalue weighted by Crippen LogP contribution is 2.22. The van der Waals surface area contributed by atoms with Crippen molar-refractivity contribution >= 4 is 35.0 Å². The number of hydrogen-bond donors (Lipinski definition) is 1. The average molecular weight is 399 g/mol. The van der Waals surface area contributed by atoms with E-state index in [0.717, 1.165) is 11.3 Å². The molecule has 27 heavy (non-hydrogen) atoms. The zero-order valence-electron chi connectivity index (χ0n) is 14.4. The number of aromatic nitrogens is 4. The fourth-order valence-electron chi connectivity index (χ4n) is 2.33. The Hall–Kier alpha value is -2.89. The summed E-state index contributed by atoms with van der Waals surface area (Å²) < 4.78 is 1.65. The Morgan fingerprint density at radius 2 is 2.19 bits per heavy atom. The fraction of sp³-hybridized carbons (Fsp3) is 0.167. The van der Waals surface area contributed by atoms with Gasteiger partial charge < -0.3 is 5.32 Å². The number of nitrogens with one attached hydrogen (secondary N) is 1. The van der Waals surface area contributed by atoms with Gasteiger partial charge in [-0.15, -0.1) is 5.10 Å². The molecule has 0 bridgehead atoms. The van der Waals surface area contributed by atoms with E-state index >= 15 is 0 Å². The van der Waals surface area contributed by atoms with Crippen molar-refractivity contribution in [2.24, 2.45) is 0 Å². The maximum atomic E-state index is 12.1. The molecule has 1 heterocycles. The zero-order chi connectivity index (χ0) is 19.2.